The maximum Gasteiger partial charge on any atom is 0.0856 e. The van der Waals surface area contributed by atoms with Crippen LogP contribution >= 0.6 is 0 Å². The Balaban J connectivity index is 2.04. The monoisotopic (exact) mass is 182 g/mol. The minimum absolute atomic E-state index is 0.591. The van der Waals surface area contributed by atoms with E-state index in [1.165, 1.54) is 0 Å². The number of aliphatic hydroxyl groups is 1. The van der Waals surface area contributed by atoms with Gasteiger partial charge in [0.1, 0.15) is 0 Å². The largest absolute Gasteiger partial charge is 0.388 e. The van der Waals surface area contributed by atoms with Gasteiger partial charge in [0.2, 0.25) is 0 Å². The molecule has 1 saturated heterocycles. The molecule has 1 atom stereocenters. The van der Waals surface area contributed by atoms with Crippen LogP contribution in [0.4, 0.5) is 0 Å². The summed E-state index contributed by atoms with van der Waals surface area (Å²) in [7, 11) is 1.83. The van der Waals surface area contributed by atoms with E-state index in [0.29, 0.717) is 13.0 Å². The van der Waals surface area contributed by atoms with Gasteiger partial charge in [-0.3, -0.25) is 4.68 Å². The van der Waals surface area contributed by atoms with E-state index >= 15 is 0 Å². The highest BCUT2D eigenvalue weighted by Crippen LogP contribution is 2.18. The average Bonchev–Trinajstić information content (AvgIpc) is 2.62. The number of aryl methyl sites for hydroxylation is 1. The van der Waals surface area contributed by atoms with Crippen LogP contribution in [0.1, 0.15) is 12.1 Å². The molecule has 0 aliphatic carbocycles. The van der Waals surface area contributed by atoms with Gasteiger partial charge in [-0.15, -0.1) is 5.10 Å². The number of β-amino-alcohol motifs (C(OH)–C–C–N with tert-alkyl or cyclic N) is 1. The van der Waals surface area contributed by atoms with Crippen LogP contribution in [0.15, 0.2) is 6.20 Å². The number of hydrogen-bond acceptors (Lipinski definition) is 4. The molecule has 1 unspecified atom stereocenters. The van der Waals surface area contributed by atoms with Gasteiger partial charge in [-0.2, -0.15) is 0 Å². The Morgan fingerprint density at radius 3 is 3.15 bits per heavy atom. The highest BCUT2D eigenvalue weighted by molar-refractivity contribution is 5.02. The van der Waals surface area contributed by atoms with E-state index in [1.54, 1.807) is 4.68 Å². The lowest BCUT2D eigenvalue weighted by molar-refractivity contribution is 0.0609. The number of nitrogens with one attached hydrogen (secondary N) is 1. The average molecular weight is 182 g/mol. The van der Waals surface area contributed by atoms with Crippen LogP contribution in [0.25, 0.3) is 0 Å². The molecule has 0 saturated carbocycles. The van der Waals surface area contributed by atoms with Crippen molar-refractivity contribution in [3.63, 3.8) is 0 Å². The van der Waals surface area contributed by atoms with Gasteiger partial charge in [-0.05, 0) is 13.0 Å². The number of rotatable bonds is 2. The molecule has 13 heavy (non-hydrogen) atoms. The Morgan fingerprint density at radius 1 is 1.77 bits per heavy atom. The first-order valence-electron chi connectivity index (χ1n) is 4.46. The fourth-order valence-electron chi connectivity index (χ4n) is 1.69. The van der Waals surface area contributed by atoms with Crippen molar-refractivity contribution in [1.82, 2.24) is 20.3 Å². The summed E-state index contributed by atoms with van der Waals surface area (Å²) in [4.78, 5) is 0. The topological polar surface area (TPSA) is 63.0 Å². The zero-order valence-electron chi connectivity index (χ0n) is 7.69. The second-order valence-corrected chi connectivity index (χ2v) is 3.71. The van der Waals surface area contributed by atoms with Crippen LogP contribution < -0.4 is 5.32 Å². The lowest BCUT2D eigenvalue weighted by atomic mass is 9.97. The summed E-state index contributed by atoms with van der Waals surface area (Å²) in [6, 6.07) is 0. The Bertz CT molecular complexity index is 290. The summed E-state index contributed by atoms with van der Waals surface area (Å²) < 4.78 is 1.65. The molecule has 1 aromatic rings. The van der Waals surface area contributed by atoms with Crippen LogP contribution in [0.5, 0.6) is 0 Å². The molecular formula is C8H14N4O. The molecule has 72 valence electrons. The summed E-state index contributed by atoms with van der Waals surface area (Å²) in [5, 5.41) is 20.9. The van der Waals surface area contributed by atoms with E-state index in [1.807, 2.05) is 13.2 Å². The van der Waals surface area contributed by atoms with Gasteiger partial charge in [0.05, 0.1) is 11.3 Å². The molecule has 0 spiro atoms. The molecule has 0 amide bonds. The van der Waals surface area contributed by atoms with E-state index in [9.17, 15) is 5.11 Å². The van der Waals surface area contributed by atoms with Crippen molar-refractivity contribution in [2.75, 3.05) is 13.1 Å². The van der Waals surface area contributed by atoms with Gasteiger partial charge in [0, 0.05) is 26.2 Å². The van der Waals surface area contributed by atoms with Crippen molar-refractivity contribution in [2.45, 2.75) is 18.4 Å². The van der Waals surface area contributed by atoms with E-state index in [4.69, 9.17) is 0 Å². The molecule has 2 heterocycles. The predicted molar refractivity (Wildman–Crippen MR) is 47.1 cm³/mol. The molecule has 1 aliphatic heterocycles. The molecule has 0 aromatic carbocycles. The van der Waals surface area contributed by atoms with Crippen molar-refractivity contribution in [3.05, 3.63) is 11.9 Å². The standard InChI is InChI=1S/C8H14N4O/c1-12-5-7(10-11-12)4-8(13)2-3-9-6-8/h5,9,13H,2-4,6H2,1H3. The molecule has 2 N–H and O–H groups in total. The minimum atomic E-state index is -0.615. The maximum atomic E-state index is 10.0. The Kier molecular flexibility index (Phi) is 2.05. The van der Waals surface area contributed by atoms with E-state index in [-0.39, 0.29) is 0 Å². The minimum Gasteiger partial charge on any atom is -0.388 e. The lowest BCUT2D eigenvalue weighted by Gasteiger charge is -2.18. The molecule has 0 radical (unpaired) electrons. The molecular weight excluding hydrogens is 168 g/mol. The highest BCUT2D eigenvalue weighted by Gasteiger charge is 2.31. The molecule has 5 heteroatoms. The fourth-order valence-corrected chi connectivity index (χ4v) is 1.69. The predicted octanol–water partition coefficient (Wildman–Crippen LogP) is -0.918. The number of aromatic nitrogens is 3. The smallest absolute Gasteiger partial charge is 0.0856 e. The zero-order valence-corrected chi connectivity index (χ0v) is 7.69. The first-order chi connectivity index (χ1) is 6.18. The van der Waals surface area contributed by atoms with Crippen LogP contribution in [-0.2, 0) is 13.5 Å². The van der Waals surface area contributed by atoms with Gasteiger partial charge in [0.25, 0.3) is 0 Å². The van der Waals surface area contributed by atoms with Crippen LogP contribution in [0.2, 0.25) is 0 Å². The summed E-state index contributed by atoms with van der Waals surface area (Å²) >= 11 is 0. The van der Waals surface area contributed by atoms with Crippen LogP contribution in [0, 0.1) is 0 Å². The molecule has 2 rings (SSSR count). The van der Waals surface area contributed by atoms with Crippen molar-refractivity contribution >= 4 is 0 Å². The second kappa shape index (κ2) is 3.08. The first kappa shape index (κ1) is 8.65. The van der Waals surface area contributed by atoms with Crippen LogP contribution in [0.3, 0.4) is 0 Å². The fraction of sp³-hybridized carbons (Fsp3) is 0.750. The van der Waals surface area contributed by atoms with Crippen molar-refractivity contribution in [2.24, 2.45) is 7.05 Å². The van der Waals surface area contributed by atoms with E-state index in [2.05, 4.69) is 15.6 Å². The number of nitrogens with zero attached hydrogens (tertiary/aromatic N) is 3. The Morgan fingerprint density at radius 2 is 2.62 bits per heavy atom. The Labute approximate surface area is 76.8 Å². The molecule has 1 fully saturated rings. The molecule has 1 aromatic heterocycles. The third-order valence-electron chi connectivity index (χ3n) is 2.38. The van der Waals surface area contributed by atoms with Crippen molar-refractivity contribution in [1.29, 1.82) is 0 Å². The SMILES string of the molecule is Cn1cc(CC2(O)CCNC2)nn1. The van der Waals surface area contributed by atoms with Gasteiger partial charge in [-0.1, -0.05) is 5.21 Å². The van der Waals surface area contributed by atoms with E-state index in [0.717, 1.165) is 18.7 Å². The number of hydrogen-bond donors (Lipinski definition) is 2. The van der Waals surface area contributed by atoms with Crippen LogP contribution in [-0.4, -0.2) is 38.8 Å². The lowest BCUT2D eigenvalue weighted by Crippen LogP contribution is -2.33. The first-order valence-corrected chi connectivity index (χ1v) is 4.46. The quantitative estimate of drug-likeness (QED) is 0.621. The molecule has 5 nitrogen and oxygen atoms in total. The van der Waals surface area contributed by atoms with Gasteiger partial charge in [0.15, 0.2) is 0 Å². The third kappa shape index (κ3) is 1.87. The summed E-state index contributed by atoms with van der Waals surface area (Å²) in [6.45, 7) is 1.54. The summed E-state index contributed by atoms with van der Waals surface area (Å²) in [5.74, 6) is 0. The summed E-state index contributed by atoms with van der Waals surface area (Å²) in [6.07, 6.45) is 3.23. The second-order valence-electron chi connectivity index (χ2n) is 3.71. The van der Waals surface area contributed by atoms with E-state index < -0.39 is 5.60 Å². The molecule has 1 aliphatic rings. The Hall–Kier alpha value is -0.940. The maximum absolute atomic E-state index is 10.0. The van der Waals surface area contributed by atoms with Crippen molar-refractivity contribution < 1.29 is 5.11 Å². The normalized spacial score (nSPS) is 28.2. The van der Waals surface area contributed by atoms with Gasteiger partial charge < -0.3 is 10.4 Å². The van der Waals surface area contributed by atoms with Crippen molar-refractivity contribution in [3.8, 4) is 0 Å². The molecule has 0 bridgehead atoms. The van der Waals surface area contributed by atoms with Gasteiger partial charge in [-0.25, -0.2) is 0 Å². The highest BCUT2D eigenvalue weighted by atomic mass is 16.3. The third-order valence-corrected chi connectivity index (χ3v) is 2.38. The zero-order chi connectivity index (χ0) is 9.31. The van der Waals surface area contributed by atoms with Gasteiger partial charge >= 0.3 is 0 Å². The summed E-state index contributed by atoms with van der Waals surface area (Å²) in [5.41, 5.74) is 0.240.